The van der Waals surface area contributed by atoms with E-state index in [2.05, 4.69) is 69.3 Å². The molecule has 0 aliphatic carbocycles. The summed E-state index contributed by atoms with van der Waals surface area (Å²) >= 11 is 0. The van der Waals surface area contributed by atoms with E-state index in [9.17, 15) is 8.42 Å². The van der Waals surface area contributed by atoms with Crippen LogP contribution in [0.5, 0.6) is 0 Å². The smallest absolute Gasteiger partial charge is 0.261 e. The summed E-state index contributed by atoms with van der Waals surface area (Å²) in [6, 6.07) is 21.0. The van der Waals surface area contributed by atoms with E-state index in [4.69, 9.17) is 10.2 Å². The predicted octanol–water partition coefficient (Wildman–Crippen LogP) is 1.53. The lowest BCUT2D eigenvalue weighted by molar-refractivity contribution is 0.183. The van der Waals surface area contributed by atoms with Gasteiger partial charge in [0.25, 0.3) is 8.32 Å². The Hall–Kier alpha value is -1.51. The van der Waals surface area contributed by atoms with Gasteiger partial charge in [-0.2, -0.15) is 0 Å². The molecule has 0 aromatic heterocycles. The average molecular weight is 433 g/mol. The lowest BCUT2D eigenvalue weighted by atomic mass is 10.2. The Morgan fingerprint density at radius 3 is 2.00 bits per heavy atom. The van der Waals surface area contributed by atoms with Crippen LogP contribution in [0.3, 0.4) is 0 Å². The maximum atomic E-state index is 11.3. The minimum atomic E-state index is -2.63. The van der Waals surface area contributed by atoms with Crippen molar-refractivity contribution in [3.05, 3.63) is 60.7 Å². The molecule has 2 aromatic carbocycles. The molecule has 0 saturated carbocycles. The number of nitrogens with zero attached hydrogens (tertiary/aromatic N) is 1. The van der Waals surface area contributed by atoms with Gasteiger partial charge in [0, 0.05) is 18.6 Å². The fraction of sp³-hybridized carbons (Fsp3) is 0.455. The fourth-order valence-corrected chi connectivity index (χ4v) is 9.74. The standard InChI is InChI=1S/C22H32N2O3SSi/c1-22(2,3)29(20-10-6-4-7-11-20,21-12-8-5-9-13-21)27-16-19-14-18(23)15-24(19)17-28(25)26/h4-13,18-19,28H,14-17,23H2,1-3H3/t18-,19+/m1/s1. The van der Waals surface area contributed by atoms with Gasteiger partial charge in [-0.05, 0) is 21.8 Å². The van der Waals surface area contributed by atoms with Gasteiger partial charge in [-0.15, -0.1) is 0 Å². The van der Waals surface area contributed by atoms with Crippen molar-refractivity contribution < 1.29 is 12.8 Å². The molecule has 1 aliphatic rings. The highest BCUT2D eigenvalue weighted by Crippen LogP contribution is 2.37. The van der Waals surface area contributed by atoms with Gasteiger partial charge in [0.1, 0.15) is 0 Å². The van der Waals surface area contributed by atoms with E-state index in [1.54, 1.807) is 0 Å². The summed E-state index contributed by atoms with van der Waals surface area (Å²) in [6.45, 7) is 7.80. The third-order valence-electron chi connectivity index (χ3n) is 5.77. The van der Waals surface area contributed by atoms with Crippen LogP contribution in [-0.4, -0.2) is 52.7 Å². The largest absolute Gasteiger partial charge is 0.406 e. The van der Waals surface area contributed by atoms with Crippen LogP contribution in [0.4, 0.5) is 0 Å². The zero-order chi connectivity index (χ0) is 21.1. The first kappa shape index (κ1) is 22.2. The first-order valence-electron chi connectivity index (χ1n) is 10.1. The molecule has 7 heteroatoms. The molecule has 2 N–H and O–H groups in total. The van der Waals surface area contributed by atoms with Crippen LogP contribution in [0.25, 0.3) is 0 Å². The molecule has 0 bridgehead atoms. The number of nitrogens with two attached hydrogens (primary N) is 1. The van der Waals surface area contributed by atoms with Gasteiger partial charge < -0.3 is 10.2 Å². The van der Waals surface area contributed by atoms with Crippen molar-refractivity contribution in [2.24, 2.45) is 5.73 Å². The van der Waals surface area contributed by atoms with Gasteiger partial charge >= 0.3 is 0 Å². The third-order valence-corrected chi connectivity index (χ3v) is 11.4. The Labute approximate surface area is 177 Å². The molecule has 0 radical (unpaired) electrons. The minimum absolute atomic E-state index is 0.0135. The maximum Gasteiger partial charge on any atom is 0.261 e. The first-order chi connectivity index (χ1) is 13.7. The monoisotopic (exact) mass is 432 g/mol. The van der Waals surface area contributed by atoms with E-state index in [1.807, 2.05) is 17.0 Å². The van der Waals surface area contributed by atoms with Crippen molar-refractivity contribution in [1.29, 1.82) is 0 Å². The molecule has 3 rings (SSSR count). The van der Waals surface area contributed by atoms with Crippen molar-refractivity contribution in [1.82, 2.24) is 4.90 Å². The number of rotatable bonds is 7. The van der Waals surface area contributed by atoms with E-state index in [0.29, 0.717) is 13.2 Å². The Morgan fingerprint density at radius 2 is 1.55 bits per heavy atom. The summed E-state index contributed by atoms with van der Waals surface area (Å²) in [4.78, 5) is 1.95. The van der Waals surface area contributed by atoms with Crippen LogP contribution in [0.1, 0.15) is 27.2 Å². The molecule has 1 saturated heterocycles. The minimum Gasteiger partial charge on any atom is -0.406 e. The molecule has 29 heavy (non-hydrogen) atoms. The number of benzene rings is 2. The maximum absolute atomic E-state index is 11.3. The Balaban J connectivity index is 2.00. The number of thiol groups is 1. The molecule has 2 aromatic rings. The Bertz CT molecular complexity index is 821. The summed E-state index contributed by atoms with van der Waals surface area (Å²) in [5.41, 5.74) is 6.16. The molecular weight excluding hydrogens is 400 g/mol. The van der Waals surface area contributed by atoms with E-state index in [1.165, 1.54) is 10.4 Å². The van der Waals surface area contributed by atoms with Crippen LogP contribution < -0.4 is 16.1 Å². The fourth-order valence-electron chi connectivity index (χ4n) is 4.50. The van der Waals surface area contributed by atoms with Crippen LogP contribution in [0.15, 0.2) is 60.7 Å². The van der Waals surface area contributed by atoms with E-state index in [-0.39, 0.29) is 23.0 Å². The van der Waals surface area contributed by atoms with E-state index in [0.717, 1.165) is 6.42 Å². The average Bonchev–Trinajstić information content (AvgIpc) is 3.01. The second-order valence-electron chi connectivity index (χ2n) is 8.87. The first-order valence-corrected chi connectivity index (χ1v) is 13.4. The van der Waals surface area contributed by atoms with Gasteiger partial charge in [-0.3, -0.25) is 4.90 Å². The highest BCUT2D eigenvalue weighted by Gasteiger charge is 2.50. The number of likely N-dealkylation sites (tertiary alicyclic amines) is 1. The summed E-state index contributed by atoms with van der Waals surface area (Å²) < 4.78 is 29.6. The van der Waals surface area contributed by atoms with Gasteiger partial charge in [0.2, 0.25) is 0 Å². The summed E-state index contributed by atoms with van der Waals surface area (Å²) in [5, 5.41) is 2.34. The summed E-state index contributed by atoms with van der Waals surface area (Å²) in [5.74, 6) is 0.0395. The lowest BCUT2D eigenvalue weighted by Crippen LogP contribution is -2.67. The summed E-state index contributed by atoms with van der Waals surface area (Å²) in [7, 11) is -5.11. The highest BCUT2D eigenvalue weighted by atomic mass is 32.2. The second kappa shape index (κ2) is 9.10. The highest BCUT2D eigenvalue weighted by molar-refractivity contribution is 7.72. The molecule has 0 spiro atoms. The summed E-state index contributed by atoms with van der Waals surface area (Å²) in [6.07, 6.45) is 0.751. The van der Waals surface area contributed by atoms with Crippen molar-refractivity contribution in [3.8, 4) is 0 Å². The van der Waals surface area contributed by atoms with Gasteiger partial charge in [-0.1, -0.05) is 81.4 Å². The second-order valence-corrected chi connectivity index (χ2v) is 14.1. The van der Waals surface area contributed by atoms with Crippen LogP contribution >= 0.6 is 0 Å². The Kier molecular flexibility index (Phi) is 6.96. The molecule has 2 atom stereocenters. The zero-order valence-corrected chi connectivity index (χ0v) is 19.3. The molecule has 0 amide bonds. The molecule has 5 nitrogen and oxygen atoms in total. The Morgan fingerprint density at radius 1 is 1.03 bits per heavy atom. The van der Waals surface area contributed by atoms with Crippen LogP contribution in [0, 0.1) is 0 Å². The molecule has 0 unspecified atom stereocenters. The predicted molar refractivity (Wildman–Crippen MR) is 122 cm³/mol. The van der Waals surface area contributed by atoms with E-state index < -0.39 is 19.0 Å². The molecule has 1 fully saturated rings. The van der Waals surface area contributed by atoms with Gasteiger partial charge in [-0.25, -0.2) is 8.42 Å². The van der Waals surface area contributed by atoms with E-state index >= 15 is 0 Å². The number of hydrogen-bond donors (Lipinski definition) is 2. The third kappa shape index (κ3) is 4.81. The zero-order valence-electron chi connectivity index (χ0n) is 17.5. The normalized spacial score (nSPS) is 21.0. The SMILES string of the molecule is CC(C)(C)[Si](OC[C@@H]1C[C@@H](N)CN1C[SH](=O)=O)(c1ccccc1)c1ccccc1. The van der Waals surface area contributed by atoms with Crippen molar-refractivity contribution in [3.63, 3.8) is 0 Å². The van der Waals surface area contributed by atoms with Crippen molar-refractivity contribution >= 4 is 29.4 Å². The molecule has 158 valence electrons. The lowest BCUT2D eigenvalue weighted by Gasteiger charge is -2.44. The molecular formula is C22H32N2O3SSi. The van der Waals surface area contributed by atoms with Crippen LogP contribution in [-0.2, 0) is 15.1 Å². The quantitative estimate of drug-likeness (QED) is 0.513. The van der Waals surface area contributed by atoms with Crippen LogP contribution in [0.2, 0.25) is 5.04 Å². The van der Waals surface area contributed by atoms with Gasteiger partial charge in [0.05, 0.1) is 12.5 Å². The van der Waals surface area contributed by atoms with Crippen molar-refractivity contribution in [2.75, 3.05) is 19.0 Å². The topological polar surface area (TPSA) is 72.6 Å². The van der Waals surface area contributed by atoms with Crippen molar-refractivity contribution in [2.45, 2.75) is 44.3 Å². The van der Waals surface area contributed by atoms with Gasteiger partial charge in [0.15, 0.2) is 10.7 Å². The molecule has 1 aliphatic heterocycles. The number of hydrogen-bond acceptors (Lipinski definition) is 5. The molecule has 1 heterocycles.